The molecule has 2 rings (SSSR count). The number of fused-ring (bicyclic) bond motifs is 1. The molecule has 1 aromatic rings. The van der Waals surface area contributed by atoms with Gasteiger partial charge < -0.3 is 19.7 Å². The first kappa shape index (κ1) is 18.2. The summed E-state index contributed by atoms with van der Waals surface area (Å²) in [5.41, 5.74) is -0.00622. The molecule has 7 nitrogen and oxygen atoms in total. The molecule has 0 saturated heterocycles. The maximum atomic E-state index is 11.6. The molecule has 2 N–H and O–H groups in total. The Morgan fingerprint density at radius 1 is 1.55 bits per heavy atom. The van der Waals surface area contributed by atoms with Crippen LogP contribution in [-0.2, 0) is 17.7 Å². The zero-order valence-electron chi connectivity index (χ0n) is 13.6. The Balaban J connectivity index is 0.00000116. The van der Waals surface area contributed by atoms with E-state index in [1.54, 1.807) is 6.20 Å². The van der Waals surface area contributed by atoms with E-state index in [1.807, 2.05) is 25.3 Å². The van der Waals surface area contributed by atoms with E-state index in [0.717, 1.165) is 38.6 Å². The number of aliphatic hydroxyl groups is 1. The number of carbonyl (C=O) groups excluding carboxylic acids is 2. The first-order valence-electron chi connectivity index (χ1n) is 7.30. The second kappa shape index (κ2) is 7.93. The summed E-state index contributed by atoms with van der Waals surface area (Å²) in [4.78, 5) is 26.5. The minimum absolute atomic E-state index is 0.337. The quantitative estimate of drug-likeness (QED) is 0.823. The van der Waals surface area contributed by atoms with Gasteiger partial charge in [0.15, 0.2) is 6.29 Å². The number of amides is 1. The number of aldehydes is 1. The summed E-state index contributed by atoms with van der Waals surface area (Å²) in [6, 6.07) is 0. The molecule has 0 saturated carbocycles. The molecular formula is C15H25N3O4. The van der Waals surface area contributed by atoms with Crippen LogP contribution in [0.1, 0.15) is 43.5 Å². The number of aliphatic hydroxyl groups excluding tert-OH is 1. The van der Waals surface area contributed by atoms with Gasteiger partial charge in [0.1, 0.15) is 17.1 Å². The number of rotatable bonds is 3. The van der Waals surface area contributed by atoms with Crippen molar-refractivity contribution in [2.45, 2.75) is 45.8 Å². The largest absolute Gasteiger partial charge is 0.444 e. The Labute approximate surface area is 130 Å². The van der Waals surface area contributed by atoms with E-state index in [4.69, 9.17) is 9.84 Å². The monoisotopic (exact) mass is 311 g/mol. The number of aromatic nitrogens is 2. The van der Waals surface area contributed by atoms with E-state index in [-0.39, 0.29) is 6.09 Å². The van der Waals surface area contributed by atoms with Gasteiger partial charge in [0.2, 0.25) is 0 Å². The molecule has 0 aromatic carbocycles. The number of alkyl carbamates (subject to hydrolysis) is 1. The molecule has 2 heterocycles. The van der Waals surface area contributed by atoms with Crippen molar-refractivity contribution in [3.63, 3.8) is 0 Å². The number of nitrogens with zero attached hydrogens (tertiary/aromatic N) is 2. The van der Waals surface area contributed by atoms with Crippen LogP contribution in [0.4, 0.5) is 4.79 Å². The van der Waals surface area contributed by atoms with Gasteiger partial charge in [-0.2, -0.15) is 0 Å². The van der Waals surface area contributed by atoms with Crippen molar-refractivity contribution in [2.24, 2.45) is 5.92 Å². The average Bonchev–Trinajstić information content (AvgIpc) is 2.87. The molecule has 0 fully saturated rings. The molecule has 1 aliphatic rings. The minimum Gasteiger partial charge on any atom is -0.444 e. The minimum atomic E-state index is -0.479. The lowest BCUT2D eigenvalue weighted by atomic mass is 9.99. The molecule has 124 valence electrons. The summed E-state index contributed by atoms with van der Waals surface area (Å²) in [5, 5.41) is 9.80. The van der Waals surface area contributed by atoms with Gasteiger partial charge in [-0.3, -0.25) is 4.79 Å². The Morgan fingerprint density at radius 2 is 2.23 bits per heavy atom. The Kier molecular flexibility index (Phi) is 6.55. The van der Waals surface area contributed by atoms with Crippen LogP contribution in [0.3, 0.4) is 0 Å². The van der Waals surface area contributed by atoms with Crippen molar-refractivity contribution in [1.29, 1.82) is 0 Å². The summed E-state index contributed by atoms with van der Waals surface area (Å²) in [6.07, 6.45) is 3.92. The van der Waals surface area contributed by atoms with Gasteiger partial charge in [0, 0.05) is 32.8 Å². The molecule has 1 unspecified atom stereocenters. The fraction of sp³-hybridized carbons (Fsp3) is 0.667. The van der Waals surface area contributed by atoms with Crippen LogP contribution in [0.5, 0.6) is 0 Å². The molecule has 1 aliphatic heterocycles. The normalized spacial score (nSPS) is 16.9. The zero-order valence-corrected chi connectivity index (χ0v) is 13.6. The highest BCUT2D eigenvalue weighted by Gasteiger charge is 2.22. The van der Waals surface area contributed by atoms with Crippen LogP contribution in [0.2, 0.25) is 0 Å². The van der Waals surface area contributed by atoms with Crippen molar-refractivity contribution in [1.82, 2.24) is 14.9 Å². The van der Waals surface area contributed by atoms with Gasteiger partial charge in [-0.05, 0) is 33.1 Å². The molecule has 0 radical (unpaired) electrons. The van der Waals surface area contributed by atoms with Gasteiger partial charge in [-0.15, -0.1) is 0 Å². The predicted octanol–water partition coefficient (Wildman–Crippen LogP) is 1.39. The molecule has 0 bridgehead atoms. The third-order valence-electron chi connectivity index (χ3n) is 3.16. The number of nitrogens with one attached hydrogen (secondary N) is 1. The lowest BCUT2D eigenvalue weighted by Crippen LogP contribution is -2.37. The highest BCUT2D eigenvalue weighted by Crippen LogP contribution is 2.19. The van der Waals surface area contributed by atoms with Gasteiger partial charge >= 0.3 is 6.09 Å². The Hall–Kier alpha value is -1.89. The van der Waals surface area contributed by atoms with Crippen molar-refractivity contribution in [3.05, 3.63) is 17.7 Å². The predicted molar refractivity (Wildman–Crippen MR) is 81.8 cm³/mol. The maximum Gasteiger partial charge on any atom is 0.407 e. The number of hydrogen-bond acceptors (Lipinski definition) is 5. The standard InChI is InChI=1S/C14H21N3O3.CH4O/c1-14(2,3)20-13(19)15-6-10-4-5-12-16-11(9-18)8-17(12)7-10;1-2/h8-10H,4-7H2,1-3H3,(H,15,19);2H,1H3. The summed E-state index contributed by atoms with van der Waals surface area (Å²) in [7, 11) is 1.00. The van der Waals surface area contributed by atoms with Crippen LogP contribution < -0.4 is 5.32 Å². The van der Waals surface area contributed by atoms with Gasteiger partial charge in [-0.1, -0.05) is 0 Å². The van der Waals surface area contributed by atoms with Crippen LogP contribution in [-0.4, -0.2) is 46.3 Å². The summed E-state index contributed by atoms with van der Waals surface area (Å²) in [6.45, 7) is 6.86. The second-order valence-corrected chi connectivity index (χ2v) is 6.14. The zero-order chi connectivity index (χ0) is 16.8. The van der Waals surface area contributed by atoms with E-state index in [9.17, 15) is 9.59 Å². The fourth-order valence-electron chi connectivity index (χ4n) is 2.30. The van der Waals surface area contributed by atoms with E-state index < -0.39 is 5.60 Å². The molecule has 22 heavy (non-hydrogen) atoms. The SMILES string of the molecule is CC(C)(C)OC(=O)NCC1CCc2nc(C=O)cn2C1.CO. The number of hydrogen-bond donors (Lipinski definition) is 2. The topological polar surface area (TPSA) is 93.5 Å². The van der Waals surface area contributed by atoms with Crippen LogP contribution in [0.25, 0.3) is 0 Å². The van der Waals surface area contributed by atoms with Crippen molar-refractivity contribution < 1.29 is 19.4 Å². The van der Waals surface area contributed by atoms with E-state index in [0.29, 0.717) is 18.2 Å². The van der Waals surface area contributed by atoms with Crippen molar-refractivity contribution >= 4 is 12.4 Å². The average molecular weight is 311 g/mol. The van der Waals surface area contributed by atoms with E-state index in [1.165, 1.54) is 0 Å². The van der Waals surface area contributed by atoms with E-state index >= 15 is 0 Å². The van der Waals surface area contributed by atoms with Gasteiger partial charge in [0.05, 0.1) is 0 Å². The second-order valence-electron chi connectivity index (χ2n) is 6.14. The molecule has 1 amide bonds. The van der Waals surface area contributed by atoms with Crippen LogP contribution in [0, 0.1) is 5.92 Å². The lowest BCUT2D eigenvalue weighted by molar-refractivity contribution is 0.0515. The Bertz CT molecular complexity index is 505. The number of imidazole rings is 1. The summed E-state index contributed by atoms with van der Waals surface area (Å²) >= 11 is 0. The van der Waals surface area contributed by atoms with Crippen molar-refractivity contribution in [3.8, 4) is 0 Å². The number of ether oxygens (including phenoxy) is 1. The van der Waals surface area contributed by atoms with Gasteiger partial charge in [-0.25, -0.2) is 9.78 Å². The number of aryl methyl sites for hydroxylation is 1. The molecule has 0 aliphatic carbocycles. The fourth-order valence-corrected chi connectivity index (χ4v) is 2.30. The third-order valence-corrected chi connectivity index (χ3v) is 3.16. The summed E-state index contributed by atoms with van der Waals surface area (Å²) in [5.74, 6) is 1.28. The molecule has 1 aromatic heterocycles. The Morgan fingerprint density at radius 3 is 2.82 bits per heavy atom. The molecule has 0 spiro atoms. The number of carbonyl (C=O) groups is 2. The van der Waals surface area contributed by atoms with Gasteiger partial charge in [0.25, 0.3) is 0 Å². The highest BCUT2D eigenvalue weighted by atomic mass is 16.6. The van der Waals surface area contributed by atoms with Crippen LogP contribution >= 0.6 is 0 Å². The molecular weight excluding hydrogens is 286 g/mol. The van der Waals surface area contributed by atoms with E-state index in [2.05, 4.69) is 10.3 Å². The first-order valence-corrected chi connectivity index (χ1v) is 7.30. The van der Waals surface area contributed by atoms with Crippen molar-refractivity contribution in [2.75, 3.05) is 13.7 Å². The lowest BCUT2D eigenvalue weighted by Gasteiger charge is -2.25. The third kappa shape index (κ3) is 5.48. The van der Waals surface area contributed by atoms with Crippen LogP contribution in [0.15, 0.2) is 6.20 Å². The maximum absolute atomic E-state index is 11.6. The first-order chi connectivity index (χ1) is 10.4. The summed E-state index contributed by atoms with van der Waals surface area (Å²) < 4.78 is 7.20. The highest BCUT2D eigenvalue weighted by molar-refractivity contribution is 5.71. The molecule has 1 atom stereocenters. The smallest absolute Gasteiger partial charge is 0.407 e. The molecule has 7 heteroatoms.